The number of hydrogen-bond acceptors (Lipinski definition) is 2. The molecule has 3 heteroatoms. The maximum atomic E-state index is 10.9. The topological polar surface area (TPSA) is 46.5 Å². The van der Waals surface area contributed by atoms with Crippen molar-refractivity contribution in [3.05, 3.63) is 0 Å². The van der Waals surface area contributed by atoms with Crippen LogP contribution >= 0.6 is 0 Å². The fourth-order valence-corrected chi connectivity index (χ4v) is 1.40. The first-order valence-electron chi connectivity index (χ1n) is 5.37. The van der Waals surface area contributed by atoms with Crippen LogP contribution < -0.4 is 0 Å². The van der Waals surface area contributed by atoms with E-state index in [9.17, 15) is 4.79 Å². The van der Waals surface area contributed by atoms with E-state index in [1.54, 1.807) is 7.11 Å². The molecule has 3 nitrogen and oxygen atoms in total. The Kier molecular flexibility index (Phi) is 7.48. The summed E-state index contributed by atoms with van der Waals surface area (Å²) in [6.07, 6.45) is 4.57. The zero-order chi connectivity index (χ0) is 11.0. The van der Waals surface area contributed by atoms with Crippen LogP contribution in [0.25, 0.3) is 0 Å². The van der Waals surface area contributed by atoms with Crippen LogP contribution in [0.4, 0.5) is 0 Å². The number of carbonyl (C=O) groups is 1. The zero-order valence-electron chi connectivity index (χ0n) is 9.45. The molecule has 0 aliphatic carbocycles. The van der Waals surface area contributed by atoms with Crippen LogP contribution in [0, 0.1) is 5.92 Å². The van der Waals surface area contributed by atoms with E-state index in [1.165, 1.54) is 0 Å². The third-order valence-electron chi connectivity index (χ3n) is 2.58. The lowest BCUT2D eigenvalue weighted by Crippen LogP contribution is -2.16. The molecule has 0 aromatic carbocycles. The summed E-state index contributed by atoms with van der Waals surface area (Å²) in [6, 6.07) is 0. The lowest BCUT2D eigenvalue weighted by atomic mass is 9.96. The smallest absolute Gasteiger partial charge is 0.306 e. The van der Waals surface area contributed by atoms with E-state index < -0.39 is 5.97 Å². The summed E-state index contributed by atoms with van der Waals surface area (Å²) in [4.78, 5) is 10.9. The highest BCUT2D eigenvalue weighted by Crippen LogP contribution is 2.17. The monoisotopic (exact) mass is 202 g/mol. The predicted molar refractivity (Wildman–Crippen MR) is 56.4 cm³/mol. The fourth-order valence-electron chi connectivity index (χ4n) is 1.40. The second-order valence-electron chi connectivity index (χ2n) is 3.80. The van der Waals surface area contributed by atoms with Gasteiger partial charge in [0.15, 0.2) is 0 Å². The maximum absolute atomic E-state index is 10.9. The largest absolute Gasteiger partial charge is 0.481 e. The van der Waals surface area contributed by atoms with Gasteiger partial charge in [0.05, 0.1) is 12.0 Å². The summed E-state index contributed by atoms with van der Waals surface area (Å²) in [5.41, 5.74) is 0. The second kappa shape index (κ2) is 7.80. The van der Waals surface area contributed by atoms with Gasteiger partial charge in [-0.25, -0.2) is 0 Å². The van der Waals surface area contributed by atoms with Gasteiger partial charge in [0.1, 0.15) is 0 Å². The molecule has 2 atom stereocenters. The fraction of sp³-hybridized carbons (Fsp3) is 0.909. The van der Waals surface area contributed by atoms with Gasteiger partial charge in [0.2, 0.25) is 0 Å². The molecule has 0 aliphatic heterocycles. The number of carboxylic acid groups (broad SMARTS) is 1. The molecule has 0 amide bonds. The van der Waals surface area contributed by atoms with Crippen LogP contribution in [0.3, 0.4) is 0 Å². The van der Waals surface area contributed by atoms with E-state index in [2.05, 4.69) is 6.92 Å². The molecule has 0 bridgehead atoms. The first kappa shape index (κ1) is 13.4. The molecule has 0 heterocycles. The minimum atomic E-state index is -0.665. The highest BCUT2D eigenvalue weighted by Gasteiger charge is 2.17. The molecule has 0 rings (SSSR count). The lowest BCUT2D eigenvalue weighted by molar-refractivity contribution is -0.142. The summed E-state index contributed by atoms with van der Waals surface area (Å²) >= 11 is 0. The molecule has 0 fully saturated rings. The molecule has 2 unspecified atom stereocenters. The average Bonchev–Trinajstić information content (AvgIpc) is 2.16. The molecular weight excluding hydrogens is 180 g/mol. The van der Waals surface area contributed by atoms with Gasteiger partial charge in [0.25, 0.3) is 0 Å². The predicted octanol–water partition coefficient (Wildman–Crippen LogP) is 2.69. The molecule has 0 aromatic heterocycles. The summed E-state index contributed by atoms with van der Waals surface area (Å²) < 4.78 is 5.09. The van der Waals surface area contributed by atoms with Gasteiger partial charge in [-0.3, -0.25) is 4.79 Å². The van der Waals surface area contributed by atoms with Crippen LogP contribution in [-0.2, 0) is 9.53 Å². The number of rotatable bonds is 8. The number of methoxy groups -OCH3 is 1. The number of aliphatic carboxylic acids is 1. The normalized spacial score (nSPS) is 15.1. The summed E-state index contributed by atoms with van der Waals surface area (Å²) in [7, 11) is 1.66. The van der Waals surface area contributed by atoms with Crippen molar-refractivity contribution in [2.75, 3.05) is 7.11 Å². The van der Waals surface area contributed by atoms with Gasteiger partial charge in [-0.05, 0) is 26.2 Å². The average molecular weight is 202 g/mol. The Morgan fingerprint density at radius 3 is 2.43 bits per heavy atom. The van der Waals surface area contributed by atoms with Gasteiger partial charge in [-0.15, -0.1) is 0 Å². The van der Waals surface area contributed by atoms with Crippen molar-refractivity contribution < 1.29 is 14.6 Å². The molecule has 1 N–H and O–H groups in total. The van der Waals surface area contributed by atoms with Gasteiger partial charge >= 0.3 is 5.97 Å². The number of carboxylic acids is 1. The Balaban J connectivity index is 3.79. The number of ether oxygens (including phenoxy) is 1. The van der Waals surface area contributed by atoms with Gasteiger partial charge < -0.3 is 9.84 Å². The maximum Gasteiger partial charge on any atom is 0.306 e. The van der Waals surface area contributed by atoms with E-state index in [0.717, 1.165) is 32.1 Å². The number of hydrogen-bond donors (Lipinski definition) is 1. The second-order valence-corrected chi connectivity index (χ2v) is 3.80. The van der Waals surface area contributed by atoms with Crippen LogP contribution in [0.1, 0.15) is 46.0 Å². The molecule has 14 heavy (non-hydrogen) atoms. The first-order valence-corrected chi connectivity index (χ1v) is 5.37. The Morgan fingerprint density at radius 1 is 1.36 bits per heavy atom. The lowest BCUT2D eigenvalue weighted by Gasteiger charge is -2.14. The molecule has 0 aromatic rings. The first-order chi connectivity index (χ1) is 6.61. The minimum absolute atomic E-state index is 0.165. The Labute approximate surface area is 86.5 Å². The summed E-state index contributed by atoms with van der Waals surface area (Å²) in [6.45, 7) is 4.05. The van der Waals surface area contributed by atoms with Crippen molar-refractivity contribution in [3.8, 4) is 0 Å². The van der Waals surface area contributed by atoms with Gasteiger partial charge in [-0.1, -0.05) is 19.8 Å². The van der Waals surface area contributed by atoms with Crippen LogP contribution in [0.2, 0.25) is 0 Å². The van der Waals surface area contributed by atoms with Gasteiger partial charge in [0, 0.05) is 7.11 Å². The SMILES string of the molecule is CCCCC(CCC(C)OC)C(=O)O. The molecule has 0 aliphatic rings. The highest BCUT2D eigenvalue weighted by atomic mass is 16.5. The summed E-state index contributed by atoms with van der Waals surface area (Å²) in [5.74, 6) is -0.852. The van der Waals surface area contributed by atoms with Gasteiger partial charge in [-0.2, -0.15) is 0 Å². The quantitative estimate of drug-likeness (QED) is 0.658. The van der Waals surface area contributed by atoms with E-state index in [1.807, 2.05) is 6.92 Å². The molecular formula is C11H22O3. The molecule has 0 saturated heterocycles. The van der Waals surface area contributed by atoms with Crippen LogP contribution in [0.15, 0.2) is 0 Å². The Hall–Kier alpha value is -0.570. The zero-order valence-corrected chi connectivity index (χ0v) is 9.45. The third kappa shape index (κ3) is 5.97. The Morgan fingerprint density at radius 2 is 2.00 bits per heavy atom. The van der Waals surface area contributed by atoms with Crippen LogP contribution in [-0.4, -0.2) is 24.3 Å². The molecule has 0 radical (unpaired) electrons. The van der Waals surface area contributed by atoms with Crippen molar-refractivity contribution >= 4 is 5.97 Å². The van der Waals surface area contributed by atoms with Crippen molar-refractivity contribution in [1.29, 1.82) is 0 Å². The van der Waals surface area contributed by atoms with E-state index >= 15 is 0 Å². The van der Waals surface area contributed by atoms with E-state index in [0.29, 0.717) is 0 Å². The van der Waals surface area contributed by atoms with E-state index in [4.69, 9.17) is 9.84 Å². The van der Waals surface area contributed by atoms with Crippen molar-refractivity contribution in [2.24, 2.45) is 5.92 Å². The molecule has 0 spiro atoms. The van der Waals surface area contributed by atoms with Crippen molar-refractivity contribution in [2.45, 2.75) is 52.1 Å². The molecule has 0 saturated carbocycles. The standard InChI is InChI=1S/C11H22O3/c1-4-5-6-10(11(12)13)8-7-9(2)14-3/h9-10H,4-8H2,1-3H3,(H,12,13). The minimum Gasteiger partial charge on any atom is -0.481 e. The van der Waals surface area contributed by atoms with Crippen molar-refractivity contribution in [3.63, 3.8) is 0 Å². The molecule has 84 valence electrons. The van der Waals surface area contributed by atoms with E-state index in [-0.39, 0.29) is 12.0 Å². The number of unbranched alkanes of at least 4 members (excludes halogenated alkanes) is 1. The van der Waals surface area contributed by atoms with Crippen LogP contribution in [0.5, 0.6) is 0 Å². The third-order valence-corrected chi connectivity index (χ3v) is 2.58. The van der Waals surface area contributed by atoms with Crippen molar-refractivity contribution in [1.82, 2.24) is 0 Å². The summed E-state index contributed by atoms with van der Waals surface area (Å²) in [5, 5.41) is 8.94. The highest BCUT2D eigenvalue weighted by molar-refractivity contribution is 5.69. The Bertz CT molecular complexity index is 157.